The van der Waals surface area contributed by atoms with Gasteiger partial charge in [0.1, 0.15) is 6.61 Å². The molecule has 0 aliphatic heterocycles. The molecule has 1 atom stereocenters. The fraction of sp³-hybridized carbons (Fsp3) is 0.583. The molecule has 0 aromatic heterocycles. The highest BCUT2D eigenvalue weighted by Gasteiger charge is 2.48. The molecule has 0 radical (unpaired) electrons. The number of hydrogen-bond donors (Lipinski definition) is 0. The Morgan fingerprint density at radius 1 is 1.00 bits per heavy atom. The van der Waals surface area contributed by atoms with Gasteiger partial charge >= 0.3 is 11.9 Å². The monoisotopic (exact) mass is 404 g/mol. The average Bonchev–Trinajstić information content (AvgIpc) is 2.57. The van der Waals surface area contributed by atoms with Gasteiger partial charge in [-0.05, 0) is 48.8 Å². The highest BCUT2D eigenvalue weighted by Crippen LogP contribution is 2.48. The van der Waals surface area contributed by atoms with E-state index in [1.165, 1.54) is 7.11 Å². The summed E-state index contributed by atoms with van der Waals surface area (Å²) in [6.45, 7) is 19.7. The number of esters is 2. The standard InChI is InChI=1S/C24H36O5/c1-16(2)20(25)28-14-17-11-12-18(19(13-17)27-10)29-21(26)24(9,23(6,7)8)15-22(3,4)5/h11-13H,1,14-15H2,2-10H3. The zero-order valence-corrected chi connectivity index (χ0v) is 19.4. The molecule has 1 aromatic carbocycles. The number of methoxy groups -OCH3 is 1. The summed E-state index contributed by atoms with van der Waals surface area (Å²) < 4.78 is 16.4. The van der Waals surface area contributed by atoms with Crippen LogP contribution in [0.1, 0.15) is 67.4 Å². The highest BCUT2D eigenvalue weighted by atomic mass is 16.6. The van der Waals surface area contributed by atoms with Gasteiger partial charge in [-0.15, -0.1) is 0 Å². The van der Waals surface area contributed by atoms with Crippen molar-refractivity contribution in [3.05, 3.63) is 35.9 Å². The van der Waals surface area contributed by atoms with E-state index in [0.29, 0.717) is 23.5 Å². The lowest BCUT2D eigenvalue weighted by atomic mass is 9.61. The van der Waals surface area contributed by atoms with Crippen molar-refractivity contribution in [2.75, 3.05) is 7.11 Å². The van der Waals surface area contributed by atoms with E-state index in [1.807, 2.05) is 6.92 Å². The topological polar surface area (TPSA) is 61.8 Å². The Kier molecular flexibility index (Phi) is 7.69. The molecule has 0 amide bonds. The summed E-state index contributed by atoms with van der Waals surface area (Å²) >= 11 is 0. The van der Waals surface area contributed by atoms with Crippen LogP contribution in [0, 0.1) is 16.2 Å². The Hall–Kier alpha value is -2.30. The molecule has 29 heavy (non-hydrogen) atoms. The maximum absolute atomic E-state index is 13.2. The minimum Gasteiger partial charge on any atom is -0.493 e. The first kappa shape index (κ1) is 24.7. The Balaban J connectivity index is 3.10. The van der Waals surface area contributed by atoms with Gasteiger partial charge in [0.25, 0.3) is 0 Å². The summed E-state index contributed by atoms with van der Waals surface area (Å²) in [6, 6.07) is 5.11. The van der Waals surface area contributed by atoms with Crippen molar-refractivity contribution in [3.8, 4) is 11.5 Å². The number of benzene rings is 1. The lowest BCUT2D eigenvalue weighted by Gasteiger charge is -2.43. The van der Waals surface area contributed by atoms with E-state index >= 15 is 0 Å². The number of hydrogen-bond acceptors (Lipinski definition) is 5. The summed E-state index contributed by atoms with van der Waals surface area (Å²) in [4.78, 5) is 24.8. The molecule has 0 saturated heterocycles. The fourth-order valence-corrected chi connectivity index (χ4v) is 3.07. The third-order valence-corrected chi connectivity index (χ3v) is 5.14. The number of rotatable bonds is 7. The van der Waals surface area contributed by atoms with Crippen molar-refractivity contribution in [1.82, 2.24) is 0 Å². The summed E-state index contributed by atoms with van der Waals surface area (Å²) in [5.41, 5.74) is 0.0439. The molecule has 1 unspecified atom stereocenters. The van der Waals surface area contributed by atoms with Gasteiger partial charge in [0.05, 0.1) is 12.5 Å². The zero-order chi connectivity index (χ0) is 22.6. The predicted molar refractivity (Wildman–Crippen MR) is 115 cm³/mol. The first-order chi connectivity index (χ1) is 13.1. The second kappa shape index (κ2) is 9.02. The molecule has 5 heteroatoms. The summed E-state index contributed by atoms with van der Waals surface area (Å²) in [6.07, 6.45) is 0.680. The van der Waals surface area contributed by atoms with E-state index in [1.54, 1.807) is 25.1 Å². The normalized spacial score (nSPS) is 14.0. The molecule has 1 aromatic rings. The van der Waals surface area contributed by atoms with Crippen LogP contribution in [0.4, 0.5) is 0 Å². The highest BCUT2D eigenvalue weighted by molar-refractivity contribution is 5.86. The van der Waals surface area contributed by atoms with Crippen LogP contribution in [0.15, 0.2) is 30.4 Å². The summed E-state index contributed by atoms with van der Waals surface area (Å²) in [5.74, 6) is 0.00776. The first-order valence-electron chi connectivity index (χ1n) is 9.82. The van der Waals surface area contributed by atoms with E-state index in [4.69, 9.17) is 14.2 Å². The van der Waals surface area contributed by atoms with Gasteiger partial charge in [0, 0.05) is 5.57 Å². The third kappa shape index (κ3) is 6.62. The van der Waals surface area contributed by atoms with E-state index < -0.39 is 11.4 Å². The van der Waals surface area contributed by atoms with Crippen LogP contribution in [0.5, 0.6) is 11.5 Å². The van der Waals surface area contributed by atoms with Gasteiger partial charge in [-0.25, -0.2) is 4.79 Å². The SMILES string of the molecule is C=C(C)C(=O)OCc1ccc(OC(=O)C(C)(CC(C)(C)C)C(C)(C)C)c(OC)c1. The second-order valence-electron chi connectivity index (χ2n) is 10.1. The Morgan fingerprint density at radius 2 is 1.59 bits per heavy atom. The molecule has 162 valence electrons. The van der Waals surface area contributed by atoms with E-state index in [-0.39, 0.29) is 23.4 Å². The Bertz CT molecular complexity index is 764. The third-order valence-electron chi connectivity index (χ3n) is 5.14. The van der Waals surface area contributed by atoms with E-state index in [9.17, 15) is 9.59 Å². The van der Waals surface area contributed by atoms with Crippen LogP contribution in [0.25, 0.3) is 0 Å². The molecule has 0 fully saturated rings. The minimum atomic E-state index is -0.689. The molecule has 0 aliphatic rings. The molecule has 1 rings (SSSR count). The largest absolute Gasteiger partial charge is 0.493 e. The quantitative estimate of drug-likeness (QED) is 0.331. The maximum atomic E-state index is 13.2. The van der Waals surface area contributed by atoms with Gasteiger partial charge < -0.3 is 14.2 Å². The van der Waals surface area contributed by atoms with Crippen LogP contribution >= 0.6 is 0 Å². The second-order valence-corrected chi connectivity index (χ2v) is 10.1. The smallest absolute Gasteiger partial charge is 0.333 e. The Labute approximate surface area is 175 Å². The average molecular weight is 405 g/mol. The summed E-state index contributed by atoms with van der Waals surface area (Å²) in [7, 11) is 1.51. The lowest BCUT2D eigenvalue weighted by molar-refractivity contribution is -0.154. The Morgan fingerprint density at radius 3 is 2.03 bits per heavy atom. The van der Waals surface area contributed by atoms with Crippen LogP contribution in [-0.2, 0) is 20.9 Å². The number of carbonyl (C=O) groups is 2. The molecular formula is C24H36O5. The molecule has 0 heterocycles. The van der Waals surface area contributed by atoms with Gasteiger partial charge in [0.15, 0.2) is 11.5 Å². The molecule has 0 bridgehead atoms. The predicted octanol–water partition coefficient (Wildman–Crippen LogP) is 5.71. The van der Waals surface area contributed by atoms with Crippen molar-refractivity contribution in [3.63, 3.8) is 0 Å². The van der Waals surface area contributed by atoms with Crippen LogP contribution in [0.3, 0.4) is 0 Å². The first-order valence-corrected chi connectivity index (χ1v) is 9.82. The van der Waals surface area contributed by atoms with E-state index in [0.717, 1.165) is 5.56 Å². The van der Waals surface area contributed by atoms with Crippen molar-refractivity contribution >= 4 is 11.9 Å². The van der Waals surface area contributed by atoms with Gasteiger partial charge in [-0.1, -0.05) is 54.2 Å². The van der Waals surface area contributed by atoms with Crippen LogP contribution in [-0.4, -0.2) is 19.0 Å². The van der Waals surface area contributed by atoms with Gasteiger partial charge in [-0.2, -0.15) is 0 Å². The zero-order valence-electron chi connectivity index (χ0n) is 19.4. The maximum Gasteiger partial charge on any atom is 0.333 e. The van der Waals surface area contributed by atoms with Gasteiger partial charge in [0.2, 0.25) is 0 Å². The molecule has 0 saturated carbocycles. The number of ether oxygens (including phenoxy) is 3. The summed E-state index contributed by atoms with van der Waals surface area (Å²) in [5, 5.41) is 0. The molecule has 0 N–H and O–H groups in total. The fourth-order valence-electron chi connectivity index (χ4n) is 3.07. The van der Waals surface area contributed by atoms with Crippen LogP contribution < -0.4 is 9.47 Å². The molecule has 5 nitrogen and oxygen atoms in total. The van der Waals surface area contributed by atoms with Crippen molar-refractivity contribution in [2.24, 2.45) is 16.2 Å². The van der Waals surface area contributed by atoms with Crippen molar-refractivity contribution in [2.45, 2.75) is 68.4 Å². The van der Waals surface area contributed by atoms with Crippen molar-refractivity contribution in [1.29, 1.82) is 0 Å². The van der Waals surface area contributed by atoms with Crippen molar-refractivity contribution < 1.29 is 23.8 Å². The van der Waals surface area contributed by atoms with Crippen LogP contribution in [0.2, 0.25) is 0 Å². The number of carbonyl (C=O) groups excluding carboxylic acids is 2. The molecule has 0 aliphatic carbocycles. The molecule has 0 spiro atoms. The minimum absolute atomic E-state index is 0.0395. The molecular weight excluding hydrogens is 368 g/mol. The van der Waals surface area contributed by atoms with Gasteiger partial charge in [-0.3, -0.25) is 4.79 Å². The van der Waals surface area contributed by atoms with E-state index in [2.05, 4.69) is 48.1 Å². The lowest BCUT2D eigenvalue weighted by Crippen LogP contribution is -2.45.